The monoisotopic (exact) mass is 378 g/mol. The predicted octanol–water partition coefficient (Wildman–Crippen LogP) is 4.31. The summed E-state index contributed by atoms with van der Waals surface area (Å²) in [6, 6.07) is 7.40. The van der Waals surface area contributed by atoms with E-state index in [2.05, 4.69) is 17.1 Å². The average molecular weight is 379 g/mol. The summed E-state index contributed by atoms with van der Waals surface area (Å²) in [5.74, 6) is 0.750. The van der Waals surface area contributed by atoms with Crippen LogP contribution in [-0.2, 0) is 9.47 Å². The summed E-state index contributed by atoms with van der Waals surface area (Å²) in [6.07, 6.45) is 5.06. The summed E-state index contributed by atoms with van der Waals surface area (Å²) in [7, 11) is 0. The Morgan fingerprint density at radius 3 is 2.78 bits per heavy atom. The molecule has 27 heavy (non-hydrogen) atoms. The third kappa shape index (κ3) is 8.63. The zero-order valence-electron chi connectivity index (χ0n) is 16.7. The second kappa shape index (κ2) is 12.6. The van der Waals surface area contributed by atoms with Gasteiger partial charge >= 0.3 is 6.09 Å². The number of piperidine rings is 1. The Kier molecular flexibility index (Phi) is 10.0. The van der Waals surface area contributed by atoms with Gasteiger partial charge in [-0.25, -0.2) is 4.79 Å². The molecular formula is C21H34N2O4. The van der Waals surface area contributed by atoms with Gasteiger partial charge in [0.2, 0.25) is 0 Å². The maximum atomic E-state index is 12.4. The van der Waals surface area contributed by atoms with Gasteiger partial charge in [0.1, 0.15) is 11.9 Å². The highest BCUT2D eigenvalue weighted by atomic mass is 16.6. The lowest BCUT2D eigenvalue weighted by molar-refractivity contribution is 0.00821. The molecule has 0 saturated carbocycles. The number of nitrogens with zero attached hydrogens (tertiary/aromatic N) is 1. The Morgan fingerprint density at radius 1 is 1.22 bits per heavy atom. The smallest absolute Gasteiger partial charge is 0.412 e. The number of benzene rings is 1. The second-order valence-electron chi connectivity index (χ2n) is 6.90. The van der Waals surface area contributed by atoms with Crippen LogP contribution < -0.4 is 10.1 Å². The molecule has 1 N–H and O–H groups in total. The minimum atomic E-state index is -0.456. The largest absolute Gasteiger partial charge is 0.494 e. The highest BCUT2D eigenvalue weighted by Gasteiger charge is 2.20. The van der Waals surface area contributed by atoms with Crippen LogP contribution in [0.1, 0.15) is 46.0 Å². The first-order valence-corrected chi connectivity index (χ1v) is 10.2. The number of hydrogen-bond acceptors (Lipinski definition) is 5. The Balaban J connectivity index is 1.85. The van der Waals surface area contributed by atoms with Crippen molar-refractivity contribution in [3.05, 3.63) is 24.3 Å². The summed E-state index contributed by atoms with van der Waals surface area (Å²) >= 11 is 0. The van der Waals surface area contributed by atoms with Crippen molar-refractivity contribution in [1.82, 2.24) is 4.90 Å². The molecule has 6 nitrogen and oxygen atoms in total. The molecule has 2 rings (SSSR count). The molecule has 1 atom stereocenters. The van der Waals surface area contributed by atoms with E-state index in [9.17, 15) is 4.79 Å². The quantitative estimate of drug-likeness (QED) is 0.582. The lowest BCUT2D eigenvalue weighted by Crippen LogP contribution is -2.41. The lowest BCUT2D eigenvalue weighted by Gasteiger charge is -2.30. The molecule has 152 valence electrons. The number of rotatable bonds is 11. The van der Waals surface area contributed by atoms with E-state index in [1.165, 1.54) is 19.3 Å². The van der Waals surface area contributed by atoms with E-state index in [-0.39, 0.29) is 6.10 Å². The van der Waals surface area contributed by atoms with Crippen molar-refractivity contribution in [3.8, 4) is 5.75 Å². The van der Waals surface area contributed by atoms with Crippen molar-refractivity contribution in [2.24, 2.45) is 0 Å². The van der Waals surface area contributed by atoms with Crippen LogP contribution >= 0.6 is 0 Å². The van der Waals surface area contributed by atoms with Crippen molar-refractivity contribution < 1.29 is 19.0 Å². The molecule has 1 heterocycles. The molecule has 1 fully saturated rings. The molecule has 0 radical (unpaired) electrons. The van der Waals surface area contributed by atoms with Gasteiger partial charge in [0.25, 0.3) is 0 Å². The standard InChI is InChI=1S/C21H34N2O4/c1-3-5-14-26-19-11-9-10-18(15-19)22-21(24)27-20(17-25-4-2)16-23-12-7-6-8-13-23/h9-11,15,20H,3-8,12-14,16-17H2,1-2H3,(H,22,24). The van der Waals surface area contributed by atoms with Crippen LogP contribution in [0.25, 0.3) is 0 Å². The van der Waals surface area contributed by atoms with Gasteiger partial charge < -0.3 is 14.2 Å². The van der Waals surface area contributed by atoms with E-state index >= 15 is 0 Å². The zero-order valence-corrected chi connectivity index (χ0v) is 16.7. The average Bonchev–Trinajstić information content (AvgIpc) is 2.67. The molecule has 1 aromatic carbocycles. The van der Waals surface area contributed by atoms with Gasteiger partial charge in [-0.15, -0.1) is 0 Å². The molecule has 0 aromatic heterocycles. The number of anilines is 1. The van der Waals surface area contributed by atoms with Crippen molar-refractivity contribution >= 4 is 11.8 Å². The first kappa shape index (κ1) is 21.5. The number of amides is 1. The first-order chi connectivity index (χ1) is 13.2. The SMILES string of the molecule is CCCCOc1cccc(NC(=O)OC(COCC)CN2CCCCC2)c1. The van der Waals surface area contributed by atoms with E-state index < -0.39 is 6.09 Å². The summed E-state index contributed by atoms with van der Waals surface area (Å²) < 4.78 is 16.8. The molecule has 1 aromatic rings. The number of carbonyl (C=O) groups is 1. The van der Waals surface area contributed by atoms with Crippen LogP contribution in [-0.4, -0.2) is 56.6 Å². The van der Waals surface area contributed by atoms with Crippen LogP contribution in [0.5, 0.6) is 5.75 Å². The van der Waals surface area contributed by atoms with Crippen LogP contribution in [0.4, 0.5) is 10.5 Å². The van der Waals surface area contributed by atoms with Crippen molar-refractivity contribution in [2.75, 3.05) is 44.8 Å². The molecule has 6 heteroatoms. The molecule has 1 saturated heterocycles. The van der Waals surface area contributed by atoms with Crippen molar-refractivity contribution in [1.29, 1.82) is 0 Å². The van der Waals surface area contributed by atoms with Crippen molar-refractivity contribution in [2.45, 2.75) is 52.1 Å². The van der Waals surface area contributed by atoms with E-state index in [0.717, 1.165) is 31.7 Å². The molecule has 1 unspecified atom stereocenters. The lowest BCUT2D eigenvalue weighted by atomic mass is 10.1. The van der Waals surface area contributed by atoms with E-state index in [1.54, 1.807) is 0 Å². The number of carbonyl (C=O) groups excluding carboxylic acids is 1. The molecular weight excluding hydrogens is 344 g/mol. The minimum Gasteiger partial charge on any atom is -0.494 e. The summed E-state index contributed by atoms with van der Waals surface area (Å²) in [4.78, 5) is 14.7. The summed E-state index contributed by atoms with van der Waals surface area (Å²) in [6.45, 7) is 8.61. The maximum absolute atomic E-state index is 12.4. The Hall–Kier alpha value is -1.79. The van der Waals surface area contributed by atoms with Gasteiger partial charge in [-0.1, -0.05) is 25.8 Å². The summed E-state index contributed by atoms with van der Waals surface area (Å²) in [5.41, 5.74) is 0.669. The number of hydrogen-bond donors (Lipinski definition) is 1. The van der Waals surface area contributed by atoms with Gasteiger partial charge in [-0.3, -0.25) is 10.2 Å². The van der Waals surface area contributed by atoms with Gasteiger partial charge in [0.05, 0.1) is 13.2 Å². The molecule has 1 aliphatic heterocycles. The van der Waals surface area contributed by atoms with Crippen LogP contribution in [0.3, 0.4) is 0 Å². The van der Waals surface area contributed by atoms with Gasteiger partial charge in [0, 0.05) is 24.9 Å². The first-order valence-electron chi connectivity index (χ1n) is 10.2. The normalized spacial score (nSPS) is 15.9. The van der Waals surface area contributed by atoms with Gasteiger partial charge in [0.15, 0.2) is 0 Å². The van der Waals surface area contributed by atoms with E-state index in [0.29, 0.717) is 32.1 Å². The maximum Gasteiger partial charge on any atom is 0.412 e. The molecule has 1 aliphatic rings. The fourth-order valence-corrected chi connectivity index (χ4v) is 3.10. The second-order valence-corrected chi connectivity index (χ2v) is 6.90. The predicted molar refractivity (Wildman–Crippen MR) is 108 cm³/mol. The minimum absolute atomic E-state index is 0.271. The van der Waals surface area contributed by atoms with E-state index in [4.69, 9.17) is 14.2 Å². The molecule has 1 amide bonds. The molecule has 0 aliphatic carbocycles. The fourth-order valence-electron chi connectivity index (χ4n) is 3.10. The molecule has 0 spiro atoms. The third-order valence-electron chi connectivity index (χ3n) is 4.54. The third-order valence-corrected chi connectivity index (χ3v) is 4.54. The molecule has 0 bridgehead atoms. The highest BCUT2D eigenvalue weighted by Crippen LogP contribution is 2.18. The van der Waals surface area contributed by atoms with Crippen LogP contribution in [0.15, 0.2) is 24.3 Å². The Bertz CT molecular complexity index is 547. The summed E-state index contributed by atoms with van der Waals surface area (Å²) in [5, 5.41) is 2.80. The van der Waals surface area contributed by atoms with Gasteiger partial charge in [-0.05, 0) is 51.4 Å². The topological polar surface area (TPSA) is 60.0 Å². The highest BCUT2D eigenvalue weighted by molar-refractivity contribution is 5.85. The van der Waals surface area contributed by atoms with E-state index in [1.807, 2.05) is 31.2 Å². The number of unbranched alkanes of at least 4 members (excludes halogenated alkanes) is 1. The van der Waals surface area contributed by atoms with Crippen LogP contribution in [0, 0.1) is 0 Å². The van der Waals surface area contributed by atoms with Crippen LogP contribution in [0.2, 0.25) is 0 Å². The zero-order chi connectivity index (χ0) is 19.3. The fraction of sp³-hybridized carbons (Fsp3) is 0.667. The Labute approximate surface area is 163 Å². The number of likely N-dealkylation sites (tertiary alicyclic amines) is 1. The Morgan fingerprint density at radius 2 is 2.04 bits per heavy atom. The van der Waals surface area contributed by atoms with Gasteiger partial charge in [-0.2, -0.15) is 0 Å². The number of nitrogens with one attached hydrogen (secondary N) is 1. The van der Waals surface area contributed by atoms with Crippen molar-refractivity contribution in [3.63, 3.8) is 0 Å². The number of ether oxygens (including phenoxy) is 3.